The molecule has 14 heavy (non-hydrogen) atoms. The molecule has 2 rings (SSSR count). The van der Waals surface area contributed by atoms with Crippen molar-refractivity contribution in [2.75, 3.05) is 0 Å². The second-order valence-electron chi connectivity index (χ2n) is 2.51. The molecule has 0 bridgehead atoms. The second-order valence-corrected chi connectivity index (χ2v) is 6.24. The zero-order chi connectivity index (χ0) is 10.1. The van der Waals surface area contributed by atoms with Crippen molar-refractivity contribution in [3.8, 4) is 10.7 Å². The third-order valence-corrected chi connectivity index (χ3v) is 4.38. The monoisotopic (exact) mass is 350 g/mol. The molecule has 0 aliphatic carbocycles. The molecule has 2 aromatic heterocycles. The summed E-state index contributed by atoms with van der Waals surface area (Å²) in [6.45, 7) is 0. The molecule has 1 N–H and O–H groups in total. The average molecular weight is 352 g/mol. The molecule has 0 radical (unpaired) electrons. The summed E-state index contributed by atoms with van der Waals surface area (Å²) in [5, 5.41) is 0. The van der Waals surface area contributed by atoms with Crippen LogP contribution in [-0.4, -0.2) is 9.97 Å². The Balaban J connectivity index is 2.53. The van der Waals surface area contributed by atoms with Crippen LogP contribution in [0.3, 0.4) is 0 Å². The van der Waals surface area contributed by atoms with Gasteiger partial charge in [-0.05, 0) is 44.0 Å². The van der Waals surface area contributed by atoms with Crippen molar-refractivity contribution in [2.45, 2.75) is 0 Å². The van der Waals surface area contributed by atoms with Crippen molar-refractivity contribution in [1.29, 1.82) is 0 Å². The van der Waals surface area contributed by atoms with Crippen LogP contribution in [0.15, 0.2) is 26.6 Å². The van der Waals surface area contributed by atoms with E-state index in [0.717, 1.165) is 19.0 Å². The van der Waals surface area contributed by atoms with E-state index in [4.69, 9.17) is 12.2 Å². The number of hydrogen-bond acceptors (Lipinski definition) is 3. The molecular formula is C8H4Br2N2S2. The summed E-state index contributed by atoms with van der Waals surface area (Å²) in [4.78, 5) is 8.36. The molecule has 0 atom stereocenters. The van der Waals surface area contributed by atoms with E-state index in [2.05, 4.69) is 41.8 Å². The maximum Gasteiger partial charge on any atom is 0.148 e. The summed E-state index contributed by atoms with van der Waals surface area (Å²) in [6, 6.07) is 3.98. The minimum Gasteiger partial charge on any atom is -0.329 e. The van der Waals surface area contributed by atoms with Crippen LogP contribution in [0.2, 0.25) is 0 Å². The first-order valence-corrected chi connectivity index (χ1v) is 6.48. The molecular weight excluding hydrogens is 348 g/mol. The minimum absolute atomic E-state index is 0.666. The molecule has 0 aliphatic rings. The maximum absolute atomic E-state index is 5.10. The SMILES string of the molecule is S=c1[nH]c(-c2ccc(Br)s2)ncc1Br. The van der Waals surface area contributed by atoms with E-state index in [1.807, 2.05) is 12.1 Å². The van der Waals surface area contributed by atoms with Crippen molar-refractivity contribution >= 4 is 55.4 Å². The molecule has 0 spiro atoms. The van der Waals surface area contributed by atoms with Crippen LogP contribution in [0.1, 0.15) is 0 Å². The Morgan fingerprint density at radius 2 is 2.14 bits per heavy atom. The number of aromatic amines is 1. The normalized spacial score (nSPS) is 10.4. The van der Waals surface area contributed by atoms with Crippen molar-refractivity contribution in [3.63, 3.8) is 0 Å². The quantitative estimate of drug-likeness (QED) is 0.771. The first-order valence-electron chi connectivity index (χ1n) is 3.67. The second kappa shape index (κ2) is 4.22. The lowest BCUT2D eigenvalue weighted by Crippen LogP contribution is -1.86. The molecule has 2 aromatic rings. The van der Waals surface area contributed by atoms with Gasteiger partial charge in [0.25, 0.3) is 0 Å². The van der Waals surface area contributed by atoms with Crippen LogP contribution < -0.4 is 0 Å². The van der Waals surface area contributed by atoms with E-state index in [9.17, 15) is 0 Å². The zero-order valence-corrected chi connectivity index (χ0v) is 11.6. The van der Waals surface area contributed by atoms with Crippen molar-refractivity contribution in [3.05, 3.63) is 31.2 Å². The Morgan fingerprint density at radius 1 is 1.36 bits per heavy atom. The van der Waals surface area contributed by atoms with Gasteiger partial charge >= 0.3 is 0 Å². The number of hydrogen-bond donors (Lipinski definition) is 1. The van der Waals surface area contributed by atoms with Gasteiger partial charge in [0.15, 0.2) is 0 Å². The highest BCUT2D eigenvalue weighted by Gasteiger charge is 2.03. The van der Waals surface area contributed by atoms with Crippen LogP contribution in [0, 0.1) is 4.64 Å². The van der Waals surface area contributed by atoms with Crippen molar-refractivity contribution in [1.82, 2.24) is 9.97 Å². The van der Waals surface area contributed by atoms with Crippen LogP contribution in [0.4, 0.5) is 0 Å². The highest BCUT2D eigenvalue weighted by Crippen LogP contribution is 2.29. The van der Waals surface area contributed by atoms with Crippen molar-refractivity contribution in [2.24, 2.45) is 0 Å². The lowest BCUT2D eigenvalue weighted by Gasteiger charge is -1.97. The van der Waals surface area contributed by atoms with Crippen LogP contribution in [0.5, 0.6) is 0 Å². The number of thiophene rings is 1. The maximum atomic E-state index is 5.10. The van der Waals surface area contributed by atoms with Gasteiger partial charge in [0.05, 0.1) is 13.1 Å². The summed E-state index contributed by atoms with van der Waals surface area (Å²) in [7, 11) is 0. The Labute approximate surface area is 107 Å². The smallest absolute Gasteiger partial charge is 0.148 e. The number of halogens is 2. The molecule has 72 valence electrons. The first-order chi connectivity index (χ1) is 6.66. The highest BCUT2D eigenvalue weighted by atomic mass is 79.9. The Hall–Kier alpha value is -0.0400. The van der Waals surface area contributed by atoms with Gasteiger partial charge in [0.1, 0.15) is 10.5 Å². The molecule has 0 fully saturated rings. The number of rotatable bonds is 1. The summed E-state index contributed by atoms with van der Waals surface area (Å²) in [6.07, 6.45) is 1.71. The molecule has 0 saturated carbocycles. The van der Waals surface area contributed by atoms with E-state index in [0.29, 0.717) is 4.64 Å². The Bertz CT molecular complexity index is 518. The van der Waals surface area contributed by atoms with E-state index in [-0.39, 0.29) is 0 Å². The van der Waals surface area contributed by atoms with E-state index < -0.39 is 0 Å². The van der Waals surface area contributed by atoms with Crippen LogP contribution >= 0.6 is 55.4 Å². The average Bonchev–Trinajstić information content (AvgIpc) is 2.57. The van der Waals surface area contributed by atoms with E-state index in [1.165, 1.54) is 0 Å². The van der Waals surface area contributed by atoms with Gasteiger partial charge < -0.3 is 4.98 Å². The summed E-state index contributed by atoms with van der Waals surface area (Å²) in [5.41, 5.74) is 0. The molecule has 0 saturated heterocycles. The molecule has 0 aliphatic heterocycles. The summed E-state index contributed by atoms with van der Waals surface area (Å²) in [5.74, 6) is 0.800. The largest absolute Gasteiger partial charge is 0.329 e. The number of H-pyrrole nitrogens is 1. The van der Waals surface area contributed by atoms with E-state index >= 15 is 0 Å². The third-order valence-electron chi connectivity index (χ3n) is 1.56. The van der Waals surface area contributed by atoms with Gasteiger partial charge in [-0.25, -0.2) is 4.98 Å². The van der Waals surface area contributed by atoms with Gasteiger partial charge in [0.2, 0.25) is 0 Å². The molecule has 2 heterocycles. The number of nitrogens with one attached hydrogen (secondary N) is 1. The molecule has 6 heteroatoms. The predicted octanol–water partition coefficient (Wildman–Crippen LogP) is 4.39. The van der Waals surface area contributed by atoms with Gasteiger partial charge in [-0.3, -0.25) is 0 Å². The Morgan fingerprint density at radius 3 is 2.71 bits per heavy atom. The summed E-state index contributed by atoms with van der Waals surface area (Å²) < 4.78 is 2.56. The van der Waals surface area contributed by atoms with Gasteiger partial charge in [-0.2, -0.15) is 0 Å². The fourth-order valence-corrected chi connectivity index (χ4v) is 2.64. The fraction of sp³-hybridized carbons (Fsp3) is 0. The van der Waals surface area contributed by atoms with Crippen molar-refractivity contribution < 1.29 is 0 Å². The third kappa shape index (κ3) is 2.13. The molecule has 0 amide bonds. The van der Waals surface area contributed by atoms with Crippen LogP contribution in [0.25, 0.3) is 10.7 Å². The topological polar surface area (TPSA) is 28.7 Å². The Kier molecular flexibility index (Phi) is 3.16. The van der Waals surface area contributed by atoms with Crippen LogP contribution in [-0.2, 0) is 0 Å². The van der Waals surface area contributed by atoms with Gasteiger partial charge in [-0.1, -0.05) is 12.2 Å². The summed E-state index contributed by atoms with van der Waals surface area (Å²) >= 11 is 13.4. The van der Waals surface area contributed by atoms with Gasteiger partial charge in [-0.15, -0.1) is 11.3 Å². The van der Waals surface area contributed by atoms with Gasteiger partial charge in [0, 0.05) is 6.20 Å². The predicted molar refractivity (Wildman–Crippen MR) is 68.1 cm³/mol. The minimum atomic E-state index is 0.666. The lowest BCUT2D eigenvalue weighted by atomic mass is 10.4. The fourth-order valence-electron chi connectivity index (χ4n) is 0.946. The van der Waals surface area contributed by atoms with E-state index in [1.54, 1.807) is 17.5 Å². The standard InChI is InChI=1S/C8H4Br2N2S2/c9-4-3-11-7(12-8(4)13)5-1-2-6(10)14-5/h1-3H,(H,11,12,13). The highest BCUT2D eigenvalue weighted by molar-refractivity contribution is 9.11. The number of aromatic nitrogens is 2. The molecule has 0 unspecified atom stereocenters. The lowest BCUT2D eigenvalue weighted by molar-refractivity contribution is 1.15. The molecule has 0 aromatic carbocycles. The number of nitrogens with zero attached hydrogens (tertiary/aromatic N) is 1. The molecule has 2 nitrogen and oxygen atoms in total. The zero-order valence-electron chi connectivity index (χ0n) is 6.75. The first kappa shape index (κ1) is 10.5.